The first-order chi connectivity index (χ1) is 14.4. The lowest BCUT2D eigenvalue weighted by Gasteiger charge is -1.97. The topological polar surface area (TPSA) is 74.6 Å². The zero-order chi connectivity index (χ0) is 21.7. The van der Waals surface area contributed by atoms with Crippen LogP contribution < -0.4 is 0 Å². The van der Waals surface area contributed by atoms with Gasteiger partial charge in [0.05, 0.1) is 0 Å². The summed E-state index contributed by atoms with van der Waals surface area (Å²) in [6, 6.07) is 25.3. The zero-order valence-corrected chi connectivity index (χ0v) is 16.8. The van der Waals surface area contributed by atoms with Crippen molar-refractivity contribution in [3.63, 3.8) is 0 Å². The molecule has 0 aliphatic heterocycles. The molecular weight excluding hydrogens is 376 g/mol. The lowest BCUT2D eigenvalue weighted by Crippen LogP contribution is -2.05. The number of rotatable bonds is 0. The molecular formula is C26H22O4. The Hall–Kier alpha value is -3.92. The van der Waals surface area contributed by atoms with Crippen LogP contribution in [0.5, 0.6) is 11.5 Å². The van der Waals surface area contributed by atoms with Gasteiger partial charge < -0.3 is 10.2 Å². The molecule has 0 radical (unpaired) electrons. The third-order valence-corrected chi connectivity index (χ3v) is 4.83. The van der Waals surface area contributed by atoms with Crippen LogP contribution in [0.4, 0.5) is 0 Å². The molecule has 0 saturated carbocycles. The minimum Gasteiger partial charge on any atom is -0.508 e. The quantitative estimate of drug-likeness (QED) is 0.377. The number of para-hydroxylation sites is 2. The summed E-state index contributed by atoms with van der Waals surface area (Å²) < 4.78 is 0. The van der Waals surface area contributed by atoms with Gasteiger partial charge in [-0.1, -0.05) is 72.8 Å². The molecule has 150 valence electrons. The molecule has 0 aromatic heterocycles. The molecule has 0 bridgehead atoms. The highest BCUT2D eigenvalue weighted by atomic mass is 16.3. The summed E-state index contributed by atoms with van der Waals surface area (Å²) in [6.07, 6.45) is 0. The maximum Gasteiger partial charge on any atom is 0.234 e. The molecule has 5 rings (SSSR count). The normalized spacial score (nSPS) is 11.4. The average molecular weight is 398 g/mol. The molecule has 0 heterocycles. The highest BCUT2D eigenvalue weighted by Gasteiger charge is 2.29. The molecule has 4 heteroatoms. The van der Waals surface area contributed by atoms with Gasteiger partial charge in [0.1, 0.15) is 11.5 Å². The molecule has 0 atom stereocenters. The number of carbonyl (C=O) groups excluding carboxylic acids is 2. The van der Waals surface area contributed by atoms with Gasteiger partial charge in [-0.15, -0.1) is 0 Å². The molecule has 0 unspecified atom stereocenters. The number of phenols is 2. The predicted molar refractivity (Wildman–Crippen MR) is 118 cm³/mol. The van der Waals surface area contributed by atoms with Gasteiger partial charge in [0.2, 0.25) is 11.6 Å². The van der Waals surface area contributed by atoms with Crippen molar-refractivity contribution in [3.8, 4) is 11.5 Å². The number of Topliss-reactive ketones (excluding diaryl/α,β-unsaturated/α-hetero) is 2. The Kier molecular flexibility index (Phi) is 6.28. The number of hydrogen-bond acceptors (Lipinski definition) is 4. The van der Waals surface area contributed by atoms with Gasteiger partial charge >= 0.3 is 0 Å². The smallest absolute Gasteiger partial charge is 0.234 e. The summed E-state index contributed by atoms with van der Waals surface area (Å²) in [7, 11) is 0. The van der Waals surface area contributed by atoms with Crippen molar-refractivity contribution in [3.05, 3.63) is 107 Å². The Morgan fingerprint density at radius 2 is 0.933 bits per heavy atom. The molecule has 1 aliphatic carbocycles. The molecule has 1 aliphatic rings. The largest absolute Gasteiger partial charge is 0.508 e. The minimum atomic E-state index is -0.378. The van der Waals surface area contributed by atoms with Gasteiger partial charge in [-0.25, -0.2) is 0 Å². The molecule has 0 amide bonds. The first-order valence-electron chi connectivity index (χ1n) is 9.50. The molecule has 4 nitrogen and oxygen atoms in total. The van der Waals surface area contributed by atoms with Crippen molar-refractivity contribution in [1.29, 1.82) is 0 Å². The molecule has 30 heavy (non-hydrogen) atoms. The molecule has 0 fully saturated rings. The van der Waals surface area contributed by atoms with Gasteiger partial charge in [-0.05, 0) is 42.5 Å². The maximum atomic E-state index is 11.5. The highest BCUT2D eigenvalue weighted by molar-refractivity contribution is 6.57. The lowest BCUT2D eigenvalue weighted by molar-refractivity contribution is 0.0825. The first-order valence-corrected chi connectivity index (χ1v) is 9.50. The lowest BCUT2D eigenvalue weighted by atomic mass is 10.1. The fraction of sp³-hybridized carbons (Fsp3) is 0.0769. The van der Waals surface area contributed by atoms with Crippen LogP contribution in [0.25, 0.3) is 10.8 Å². The molecule has 0 spiro atoms. The third kappa shape index (κ3) is 4.39. The van der Waals surface area contributed by atoms with Crippen molar-refractivity contribution in [2.75, 3.05) is 0 Å². The van der Waals surface area contributed by atoms with Crippen LogP contribution in [0.1, 0.15) is 31.8 Å². The van der Waals surface area contributed by atoms with E-state index in [0.29, 0.717) is 22.6 Å². The Morgan fingerprint density at radius 1 is 0.533 bits per heavy atom. The number of aryl methyl sites for hydroxylation is 2. The van der Waals surface area contributed by atoms with E-state index in [-0.39, 0.29) is 11.6 Å². The predicted octanol–water partition coefficient (Wildman–Crippen LogP) is 5.62. The van der Waals surface area contributed by atoms with Crippen LogP contribution in [0.3, 0.4) is 0 Å². The number of carbonyl (C=O) groups is 2. The van der Waals surface area contributed by atoms with E-state index < -0.39 is 0 Å². The van der Waals surface area contributed by atoms with E-state index in [1.54, 1.807) is 36.4 Å². The van der Waals surface area contributed by atoms with Gasteiger partial charge in [-0.3, -0.25) is 9.59 Å². The summed E-state index contributed by atoms with van der Waals surface area (Å²) in [6.45, 7) is 3.74. The second-order valence-corrected chi connectivity index (χ2v) is 6.94. The number of aromatic hydroxyl groups is 2. The van der Waals surface area contributed by atoms with Crippen LogP contribution in [0.15, 0.2) is 84.9 Å². The third-order valence-electron chi connectivity index (χ3n) is 4.83. The number of hydrogen-bond donors (Lipinski definition) is 2. The van der Waals surface area contributed by atoms with E-state index in [2.05, 4.69) is 0 Å². The van der Waals surface area contributed by atoms with E-state index in [1.165, 1.54) is 0 Å². The second kappa shape index (κ2) is 9.05. The van der Waals surface area contributed by atoms with Crippen LogP contribution >= 0.6 is 0 Å². The van der Waals surface area contributed by atoms with E-state index in [0.717, 1.165) is 21.9 Å². The van der Waals surface area contributed by atoms with Gasteiger partial charge in [0, 0.05) is 16.5 Å². The second-order valence-electron chi connectivity index (χ2n) is 6.94. The molecule has 2 N–H and O–H groups in total. The Bertz CT molecular complexity index is 1090. The van der Waals surface area contributed by atoms with Crippen molar-refractivity contribution in [2.45, 2.75) is 13.8 Å². The Labute approximate surface area is 175 Å². The fourth-order valence-corrected chi connectivity index (χ4v) is 3.09. The van der Waals surface area contributed by atoms with Crippen molar-refractivity contribution in [1.82, 2.24) is 0 Å². The monoisotopic (exact) mass is 398 g/mol. The highest BCUT2D eigenvalue weighted by Crippen LogP contribution is 2.30. The summed E-state index contributed by atoms with van der Waals surface area (Å²) in [5.74, 6) is -0.0198. The standard InChI is InChI=1S/C12H6O2.2C7H8O/c13-11-8-5-1-3-7-4-2-6-9(10(7)8)12(11)14;2*1-6-4-2-3-5-7(6)8/h1-6H;2*2-5,8H,1H3. The van der Waals surface area contributed by atoms with Gasteiger partial charge in [0.25, 0.3) is 0 Å². The average Bonchev–Trinajstić information content (AvgIpc) is 3.01. The maximum absolute atomic E-state index is 11.5. The summed E-state index contributed by atoms with van der Waals surface area (Å²) in [5.41, 5.74) is 2.94. The Balaban J connectivity index is 0.000000138. The van der Waals surface area contributed by atoms with Crippen LogP contribution in [0.2, 0.25) is 0 Å². The van der Waals surface area contributed by atoms with Crippen molar-refractivity contribution >= 4 is 22.3 Å². The summed E-state index contributed by atoms with van der Waals surface area (Å²) in [4.78, 5) is 23.1. The van der Waals surface area contributed by atoms with Gasteiger partial charge in [0.15, 0.2) is 0 Å². The van der Waals surface area contributed by atoms with Crippen LogP contribution in [-0.2, 0) is 0 Å². The fourth-order valence-electron chi connectivity index (χ4n) is 3.09. The van der Waals surface area contributed by atoms with E-state index in [4.69, 9.17) is 10.2 Å². The summed E-state index contributed by atoms with van der Waals surface area (Å²) >= 11 is 0. The van der Waals surface area contributed by atoms with Crippen LogP contribution in [-0.4, -0.2) is 21.8 Å². The molecule has 4 aromatic carbocycles. The molecule has 4 aromatic rings. The first kappa shape index (κ1) is 20.8. The SMILES string of the molecule is Cc1ccccc1O.Cc1ccccc1O.O=C1C(=O)c2cccc3cccc1c23. The van der Waals surface area contributed by atoms with E-state index >= 15 is 0 Å². The number of phenolic OH excluding ortho intramolecular Hbond substituents is 2. The minimum absolute atomic E-state index is 0.368. The van der Waals surface area contributed by atoms with Crippen molar-refractivity contribution in [2.24, 2.45) is 0 Å². The zero-order valence-electron chi connectivity index (χ0n) is 16.8. The molecule has 0 saturated heterocycles. The van der Waals surface area contributed by atoms with E-state index in [9.17, 15) is 9.59 Å². The van der Waals surface area contributed by atoms with Gasteiger partial charge in [-0.2, -0.15) is 0 Å². The Morgan fingerprint density at radius 3 is 1.27 bits per heavy atom. The number of benzene rings is 4. The van der Waals surface area contributed by atoms with E-state index in [1.807, 2.05) is 62.4 Å². The summed E-state index contributed by atoms with van der Waals surface area (Å²) in [5, 5.41) is 19.6. The number of ketones is 2. The van der Waals surface area contributed by atoms with Crippen LogP contribution in [0, 0.1) is 13.8 Å². The van der Waals surface area contributed by atoms with Crippen molar-refractivity contribution < 1.29 is 19.8 Å².